The van der Waals surface area contributed by atoms with Crippen LogP contribution in [-0.4, -0.2) is 4.57 Å². The van der Waals surface area contributed by atoms with Gasteiger partial charge in [-0.15, -0.1) is 0 Å². The van der Waals surface area contributed by atoms with Crippen molar-refractivity contribution in [2.24, 2.45) is 0 Å². The van der Waals surface area contributed by atoms with E-state index in [1.807, 2.05) is 0 Å². The lowest BCUT2D eigenvalue weighted by molar-refractivity contribution is -0.702. The van der Waals surface area contributed by atoms with Crippen LogP contribution >= 0.6 is 0 Å². The van der Waals surface area contributed by atoms with Gasteiger partial charge in [0.1, 0.15) is 12.4 Å². The van der Waals surface area contributed by atoms with Gasteiger partial charge in [0.2, 0.25) is 0 Å². The number of aromatic nitrogens is 2. The average Bonchev–Trinajstić information content (AvgIpc) is 2.91. The molecule has 0 aromatic carbocycles. The van der Waals surface area contributed by atoms with Gasteiger partial charge in [-0.25, -0.2) is 9.13 Å². The Morgan fingerprint density at radius 2 is 1.26 bits per heavy atom. The third-order valence-corrected chi connectivity index (χ3v) is 5.01. The summed E-state index contributed by atoms with van der Waals surface area (Å²) >= 11 is 0. The van der Waals surface area contributed by atoms with Crippen molar-refractivity contribution in [2.75, 3.05) is 0 Å². The van der Waals surface area contributed by atoms with E-state index in [1.165, 1.54) is 102 Å². The smallest absolute Gasteiger partial charge is 0.234 e. The fourth-order valence-corrected chi connectivity index (χ4v) is 3.29. The molecule has 2 heteroatoms. The van der Waals surface area contributed by atoms with Crippen molar-refractivity contribution in [3.05, 3.63) is 18.2 Å². The summed E-state index contributed by atoms with van der Waals surface area (Å²) in [6.45, 7) is 9.18. The van der Waals surface area contributed by atoms with Gasteiger partial charge in [-0.1, -0.05) is 78.1 Å². The van der Waals surface area contributed by atoms with Gasteiger partial charge in [0.15, 0.2) is 0 Å². The van der Waals surface area contributed by atoms with Crippen molar-refractivity contribution in [1.82, 2.24) is 4.57 Å². The van der Waals surface area contributed by atoms with Gasteiger partial charge in [-0.2, -0.15) is 0 Å². The minimum atomic E-state index is 1.17. The lowest BCUT2D eigenvalue weighted by atomic mass is 10.1. The van der Waals surface area contributed by atoms with Crippen LogP contribution in [0.4, 0.5) is 0 Å². The van der Waals surface area contributed by atoms with Gasteiger partial charge < -0.3 is 0 Å². The molecule has 0 spiro atoms. The maximum atomic E-state index is 2.43. The van der Waals surface area contributed by atoms with Gasteiger partial charge >= 0.3 is 0 Å². The molecule has 1 heterocycles. The molecule has 0 aliphatic heterocycles. The number of aryl methyl sites for hydroxylation is 2. The van der Waals surface area contributed by atoms with E-state index in [9.17, 15) is 0 Å². The SMILES string of the molecule is CCCCCCCCCCCCC[n+]1ccn(CCCC)c1C. The first-order valence-electron chi connectivity index (χ1n) is 10.3. The largest absolute Gasteiger partial charge is 0.253 e. The Kier molecular flexibility index (Phi) is 12.0. The molecule has 0 bridgehead atoms. The molecule has 0 aliphatic carbocycles. The first-order valence-corrected chi connectivity index (χ1v) is 10.3. The summed E-state index contributed by atoms with van der Waals surface area (Å²) in [7, 11) is 0. The zero-order valence-electron chi connectivity index (χ0n) is 16.2. The highest BCUT2D eigenvalue weighted by Gasteiger charge is 2.10. The normalized spacial score (nSPS) is 11.3. The molecular weight excluding hydrogens is 280 g/mol. The Morgan fingerprint density at radius 3 is 1.83 bits per heavy atom. The number of unbranched alkanes of at least 4 members (excludes halogenated alkanes) is 11. The van der Waals surface area contributed by atoms with Crippen LogP contribution < -0.4 is 4.57 Å². The van der Waals surface area contributed by atoms with E-state index >= 15 is 0 Å². The third-order valence-electron chi connectivity index (χ3n) is 5.01. The van der Waals surface area contributed by atoms with Crippen molar-refractivity contribution < 1.29 is 4.57 Å². The molecule has 23 heavy (non-hydrogen) atoms. The Hall–Kier alpha value is -0.790. The molecule has 0 atom stereocenters. The second-order valence-corrected chi connectivity index (χ2v) is 7.12. The second kappa shape index (κ2) is 13.6. The van der Waals surface area contributed by atoms with E-state index < -0.39 is 0 Å². The number of nitrogens with zero attached hydrogens (tertiary/aromatic N) is 2. The Labute approximate surface area is 145 Å². The van der Waals surface area contributed by atoms with Gasteiger partial charge in [0.05, 0.1) is 13.1 Å². The maximum absolute atomic E-state index is 2.43. The number of imidazole rings is 1. The van der Waals surface area contributed by atoms with Crippen LogP contribution in [0.15, 0.2) is 12.4 Å². The fraction of sp³-hybridized carbons (Fsp3) is 0.857. The first-order chi connectivity index (χ1) is 11.3. The molecule has 0 saturated heterocycles. The maximum Gasteiger partial charge on any atom is 0.253 e. The highest BCUT2D eigenvalue weighted by molar-refractivity contribution is 4.79. The lowest BCUT2D eigenvalue weighted by Gasteiger charge is -2.03. The molecule has 0 aliphatic rings. The molecule has 0 unspecified atom stereocenters. The van der Waals surface area contributed by atoms with Crippen LogP contribution in [-0.2, 0) is 13.1 Å². The molecular formula is C21H41N2+. The van der Waals surface area contributed by atoms with Gasteiger partial charge in [-0.05, 0) is 19.3 Å². The average molecular weight is 322 g/mol. The van der Waals surface area contributed by atoms with E-state index in [-0.39, 0.29) is 0 Å². The Bertz CT molecular complexity index is 381. The van der Waals surface area contributed by atoms with E-state index in [0.29, 0.717) is 0 Å². The number of rotatable bonds is 15. The summed E-state index contributed by atoms with van der Waals surface area (Å²) < 4.78 is 4.84. The summed E-state index contributed by atoms with van der Waals surface area (Å²) in [6.07, 6.45) is 22.7. The van der Waals surface area contributed by atoms with E-state index in [0.717, 1.165) is 0 Å². The minimum absolute atomic E-state index is 1.17. The van der Waals surface area contributed by atoms with Crippen LogP contribution in [0, 0.1) is 6.92 Å². The molecule has 1 aromatic heterocycles. The molecule has 0 amide bonds. The lowest BCUT2D eigenvalue weighted by Crippen LogP contribution is -2.35. The van der Waals surface area contributed by atoms with Crippen LogP contribution in [0.5, 0.6) is 0 Å². The van der Waals surface area contributed by atoms with Crippen LogP contribution in [0.1, 0.15) is 103 Å². The summed E-state index contributed by atoms with van der Waals surface area (Å²) in [5, 5.41) is 0. The van der Waals surface area contributed by atoms with Crippen LogP contribution in [0.2, 0.25) is 0 Å². The molecule has 0 N–H and O–H groups in total. The van der Waals surface area contributed by atoms with Crippen LogP contribution in [0.25, 0.3) is 0 Å². The molecule has 134 valence electrons. The molecule has 1 rings (SSSR count). The summed E-state index contributed by atoms with van der Waals surface area (Å²) in [6, 6.07) is 0. The number of hydrogen-bond donors (Lipinski definition) is 0. The molecule has 0 fully saturated rings. The molecule has 1 aromatic rings. The van der Waals surface area contributed by atoms with Crippen molar-refractivity contribution in [2.45, 2.75) is 117 Å². The van der Waals surface area contributed by atoms with Crippen molar-refractivity contribution in [1.29, 1.82) is 0 Å². The first kappa shape index (κ1) is 20.3. The van der Waals surface area contributed by atoms with Gasteiger partial charge in [0.25, 0.3) is 5.82 Å². The predicted molar refractivity (Wildman–Crippen MR) is 101 cm³/mol. The summed E-state index contributed by atoms with van der Waals surface area (Å²) in [5.41, 5.74) is 0. The fourth-order valence-electron chi connectivity index (χ4n) is 3.29. The highest BCUT2D eigenvalue weighted by atomic mass is 15.1. The summed E-state index contributed by atoms with van der Waals surface area (Å²) in [5.74, 6) is 1.42. The van der Waals surface area contributed by atoms with Gasteiger partial charge in [-0.3, -0.25) is 0 Å². The predicted octanol–water partition coefficient (Wildman–Crippen LogP) is 6.20. The Balaban J connectivity index is 1.98. The zero-order valence-corrected chi connectivity index (χ0v) is 16.2. The van der Waals surface area contributed by atoms with Crippen molar-refractivity contribution in [3.63, 3.8) is 0 Å². The van der Waals surface area contributed by atoms with E-state index in [2.05, 4.69) is 42.3 Å². The highest BCUT2D eigenvalue weighted by Crippen LogP contribution is 2.11. The summed E-state index contributed by atoms with van der Waals surface area (Å²) in [4.78, 5) is 0. The van der Waals surface area contributed by atoms with Crippen molar-refractivity contribution >= 4 is 0 Å². The molecule has 0 saturated carbocycles. The van der Waals surface area contributed by atoms with E-state index in [4.69, 9.17) is 0 Å². The van der Waals surface area contributed by atoms with Crippen LogP contribution in [0.3, 0.4) is 0 Å². The zero-order chi connectivity index (χ0) is 16.8. The minimum Gasteiger partial charge on any atom is -0.234 e. The Morgan fingerprint density at radius 1 is 0.739 bits per heavy atom. The molecule has 2 nitrogen and oxygen atoms in total. The van der Waals surface area contributed by atoms with Crippen molar-refractivity contribution in [3.8, 4) is 0 Å². The monoisotopic (exact) mass is 321 g/mol. The molecule has 0 radical (unpaired) electrons. The number of hydrogen-bond acceptors (Lipinski definition) is 0. The van der Waals surface area contributed by atoms with E-state index in [1.54, 1.807) is 0 Å². The second-order valence-electron chi connectivity index (χ2n) is 7.12. The third kappa shape index (κ3) is 9.17. The topological polar surface area (TPSA) is 8.81 Å². The van der Waals surface area contributed by atoms with Gasteiger partial charge in [0, 0.05) is 6.92 Å². The standard InChI is InChI=1S/C21H41N2/c1-4-6-8-9-10-11-12-13-14-15-16-18-23-20-19-22(21(23)3)17-7-5-2/h19-20H,4-18H2,1-3H3/q+1. The quantitative estimate of drug-likeness (QED) is 0.269.